The molecule has 0 unspecified atom stereocenters. The molecule has 4 rings (SSSR count). The van der Waals surface area contributed by atoms with E-state index in [1.807, 2.05) is 0 Å². The Morgan fingerprint density at radius 1 is 1.24 bits per heavy atom. The van der Waals surface area contributed by atoms with Gasteiger partial charge >= 0.3 is 0 Å². The molecule has 0 fully saturated rings. The topological polar surface area (TPSA) is 132 Å². The highest BCUT2D eigenvalue weighted by atomic mass is 32.2. The van der Waals surface area contributed by atoms with E-state index < -0.39 is 9.73 Å². The summed E-state index contributed by atoms with van der Waals surface area (Å²) < 4.78 is 16.0. The van der Waals surface area contributed by atoms with E-state index >= 15 is 0 Å². The number of benzene rings is 1. The highest BCUT2D eigenvalue weighted by Gasteiger charge is 2.18. The van der Waals surface area contributed by atoms with Crippen LogP contribution in [0.5, 0.6) is 0 Å². The fraction of sp³-hybridized carbons (Fsp3) is 0.348. The number of nitrogens with one attached hydrogen (secondary N) is 2. The van der Waals surface area contributed by atoms with Gasteiger partial charge in [-0.05, 0) is 54.8 Å². The molecule has 0 saturated carbocycles. The SMILES string of the molecule is CCc1cc(Nc2ncc(C#N)c(Nc3ccnc(N=S(C)(C)=O)n3)n2)cc2c1CCN(C)C2. The maximum atomic E-state index is 12.0. The van der Waals surface area contributed by atoms with Gasteiger partial charge in [0.05, 0.1) is 6.20 Å². The molecule has 11 heteroatoms. The first-order chi connectivity index (χ1) is 16.2. The second-order valence-electron chi connectivity index (χ2n) is 8.45. The summed E-state index contributed by atoms with van der Waals surface area (Å²) in [6.07, 6.45) is 7.98. The fourth-order valence-corrected chi connectivity index (χ4v) is 4.33. The Balaban J connectivity index is 1.63. The molecular weight excluding hydrogens is 450 g/mol. The lowest BCUT2D eigenvalue weighted by molar-refractivity contribution is 0.312. The van der Waals surface area contributed by atoms with Crippen LogP contribution >= 0.6 is 0 Å². The predicted molar refractivity (Wildman–Crippen MR) is 133 cm³/mol. The van der Waals surface area contributed by atoms with Gasteiger partial charge in [-0.3, -0.25) is 0 Å². The van der Waals surface area contributed by atoms with Gasteiger partial charge in [0.15, 0.2) is 5.82 Å². The minimum Gasteiger partial charge on any atom is -0.324 e. The number of anilines is 4. The molecule has 1 aromatic carbocycles. The molecule has 1 aliphatic heterocycles. The summed E-state index contributed by atoms with van der Waals surface area (Å²) in [5.74, 6) is 1.13. The maximum absolute atomic E-state index is 12.0. The first-order valence-corrected chi connectivity index (χ1v) is 13.2. The van der Waals surface area contributed by atoms with E-state index in [1.165, 1.54) is 41.6 Å². The zero-order chi connectivity index (χ0) is 24.3. The van der Waals surface area contributed by atoms with Crippen molar-refractivity contribution in [3.05, 3.63) is 52.8 Å². The first-order valence-electron chi connectivity index (χ1n) is 10.9. The van der Waals surface area contributed by atoms with Gasteiger partial charge in [-0.15, -0.1) is 0 Å². The van der Waals surface area contributed by atoms with Crippen LogP contribution in [0.1, 0.15) is 29.2 Å². The standard InChI is InChI=1S/C23H27N9OS/c1-5-15-10-18(11-16-14-32(2)9-7-19(15)16)27-22-26-13-17(12-24)21(30-22)28-20-6-8-25-23(29-20)31-34(3,4)33/h6,8,10-11,13H,5,7,9,14H2,1-4H3,(H2,25,26,27,28,29,30). The lowest BCUT2D eigenvalue weighted by Gasteiger charge is -2.27. The van der Waals surface area contributed by atoms with Gasteiger partial charge in [-0.2, -0.15) is 19.6 Å². The van der Waals surface area contributed by atoms with E-state index in [0.29, 0.717) is 17.6 Å². The van der Waals surface area contributed by atoms with Gasteiger partial charge in [0, 0.05) is 47.2 Å². The Kier molecular flexibility index (Phi) is 6.72. The van der Waals surface area contributed by atoms with Crippen LogP contribution in [0.15, 0.2) is 35.0 Å². The van der Waals surface area contributed by atoms with Crippen LogP contribution in [-0.2, 0) is 29.1 Å². The Hall–Kier alpha value is -3.62. The van der Waals surface area contributed by atoms with Crippen molar-refractivity contribution in [2.24, 2.45) is 4.36 Å². The molecule has 0 aliphatic carbocycles. The second-order valence-corrected chi connectivity index (χ2v) is 11.0. The van der Waals surface area contributed by atoms with Crippen molar-refractivity contribution in [3.8, 4) is 6.07 Å². The number of hydrogen-bond acceptors (Lipinski definition) is 10. The summed E-state index contributed by atoms with van der Waals surface area (Å²) in [4.78, 5) is 19.4. The van der Waals surface area contributed by atoms with Gasteiger partial charge < -0.3 is 15.5 Å². The third-order valence-electron chi connectivity index (χ3n) is 5.36. The molecule has 10 nitrogen and oxygen atoms in total. The molecule has 2 N–H and O–H groups in total. The predicted octanol–water partition coefficient (Wildman–Crippen LogP) is 3.53. The van der Waals surface area contributed by atoms with Crippen LogP contribution in [0.2, 0.25) is 0 Å². The minimum absolute atomic E-state index is 0.0945. The molecule has 0 amide bonds. The molecular formula is C23H27N9OS. The van der Waals surface area contributed by atoms with Crippen LogP contribution in [0, 0.1) is 11.3 Å². The van der Waals surface area contributed by atoms with Gasteiger partial charge in [-0.25, -0.2) is 14.2 Å². The number of rotatable bonds is 6. The van der Waals surface area contributed by atoms with Crippen molar-refractivity contribution in [3.63, 3.8) is 0 Å². The molecule has 34 heavy (non-hydrogen) atoms. The van der Waals surface area contributed by atoms with Gasteiger partial charge in [0.25, 0.3) is 5.95 Å². The van der Waals surface area contributed by atoms with Crippen molar-refractivity contribution in [2.45, 2.75) is 26.3 Å². The number of fused-ring (bicyclic) bond motifs is 1. The van der Waals surface area contributed by atoms with Crippen LogP contribution in [0.4, 0.5) is 29.2 Å². The van der Waals surface area contributed by atoms with Crippen LogP contribution < -0.4 is 10.6 Å². The van der Waals surface area contributed by atoms with Gasteiger partial charge in [0.1, 0.15) is 17.5 Å². The Labute approximate surface area is 199 Å². The molecule has 0 bridgehead atoms. The van der Waals surface area contributed by atoms with Crippen molar-refractivity contribution >= 4 is 38.9 Å². The summed E-state index contributed by atoms with van der Waals surface area (Å²) in [5, 5.41) is 15.8. The number of aromatic nitrogens is 4. The second kappa shape index (κ2) is 9.70. The smallest absolute Gasteiger partial charge is 0.259 e. The van der Waals surface area contributed by atoms with Crippen LogP contribution in [0.25, 0.3) is 0 Å². The van der Waals surface area contributed by atoms with E-state index in [2.05, 4.69) is 72.0 Å². The lowest BCUT2D eigenvalue weighted by Crippen LogP contribution is -2.27. The van der Waals surface area contributed by atoms with E-state index in [-0.39, 0.29) is 11.5 Å². The summed E-state index contributed by atoms with van der Waals surface area (Å²) >= 11 is 0. The van der Waals surface area contributed by atoms with E-state index in [1.54, 1.807) is 6.07 Å². The average molecular weight is 478 g/mol. The van der Waals surface area contributed by atoms with Crippen molar-refractivity contribution in [2.75, 3.05) is 36.7 Å². The quantitative estimate of drug-likeness (QED) is 0.547. The van der Waals surface area contributed by atoms with E-state index in [0.717, 1.165) is 31.6 Å². The summed E-state index contributed by atoms with van der Waals surface area (Å²) in [7, 11) is -0.279. The zero-order valence-electron chi connectivity index (χ0n) is 19.7. The Morgan fingerprint density at radius 3 is 2.79 bits per heavy atom. The lowest BCUT2D eigenvalue weighted by atomic mass is 9.92. The monoisotopic (exact) mass is 477 g/mol. The summed E-state index contributed by atoms with van der Waals surface area (Å²) in [5.41, 5.74) is 5.23. The molecule has 3 aromatic rings. The molecule has 3 heterocycles. The highest BCUT2D eigenvalue weighted by molar-refractivity contribution is 7.92. The normalized spacial score (nSPS) is 13.6. The third kappa shape index (κ3) is 5.65. The van der Waals surface area contributed by atoms with Crippen molar-refractivity contribution < 1.29 is 4.21 Å². The Bertz CT molecular complexity index is 1380. The van der Waals surface area contributed by atoms with Crippen LogP contribution in [0.3, 0.4) is 0 Å². The zero-order valence-corrected chi connectivity index (χ0v) is 20.5. The summed E-state index contributed by atoms with van der Waals surface area (Å²) in [6, 6.07) is 8.00. The summed E-state index contributed by atoms with van der Waals surface area (Å²) in [6.45, 7) is 4.13. The molecule has 0 spiro atoms. The van der Waals surface area contributed by atoms with Crippen molar-refractivity contribution in [1.29, 1.82) is 5.26 Å². The fourth-order valence-electron chi connectivity index (χ4n) is 3.85. The molecule has 1 aliphatic rings. The number of nitriles is 1. The average Bonchev–Trinajstić information content (AvgIpc) is 2.77. The number of nitrogens with zero attached hydrogens (tertiary/aromatic N) is 7. The van der Waals surface area contributed by atoms with Crippen LogP contribution in [-0.4, -0.2) is 55.1 Å². The van der Waals surface area contributed by atoms with Crippen molar-refractivity contribution in [1.82, 2.24) is 24.8 Å². The molecule has 0 saturated heterocycles. The number of aryl methyl sites for hydroxylation is 1. The van der Waals surface area contributed by atoms with Gasteiger partial charge in [0.2, 0.25) is 5.95 Å². The Morgan fingerprint density at radius 2 is 2.06 bits per heavy atom. The first kappa shape index (κ1) is 23.5. The molecule has 176 valence electrons. The molecule has 2 aromatic heterocycles. The number of hydrogen-bond donors (Lipinski definition) is 2. The van der Waals surface area contributed by atoms with Gasteiger partial charge in [-0.1, -0.05) is 6.92 Å². The number of likely N-dealkylation sites (N-methyl/N-ethyl adjacent to an activating group) is 1. The molecule has 0 atom stereocenters. The largest absolute Gasteiger partial charge is 0.324 e. The third-order valence-corrected chi connectivity index (χ3v) is 5.96. The highest BCUT2D eigenvalue weighted by Crippen LogP contribution is 2.28. The van der Waals surface area contributed by atoms with E-state index in [9.17, 15) is 9.47 Å². The van der Waals surface area contributed by atoms with E-state index in [4.69, 9.17) is 0 Å². The maximum Gasteiger partial charge on any atom is 0.259 e. The minimum atomic E-state index is -2.41. The molecule has 0 radical (unpaired) electrons.